The van der Waals surface area contributed by atoms with Gasteiger partial charge in [0.25, 0.3) is 0 Å². The van der Waals surface area contributed by atoms with Crippen LogP contribution in [0.2, 0.25) is 0 Å². The number of carboxylic acids is 1. The van der Waals surface area contributed by atoms with Gasteiger partial charge < -0.3 is 15.9 Å². The molecule has 4 N–H and O–H groups in total. The van der Waals surface area contributed by atoms with Crippen LogP contribution in [0.5, 0.6) is 5.75 Å². The molecule has 0 heterocycles. The van der Waals surface area contributed by atoms with Gasteiger partial charge in [-0.05, 0) is 33.6 Å². The Bertz CT molecular complexity index is 343. The number of halogens is 2. The largest absolute Gasteiger partial charge is 0.507 e. The van der Waals surface area contributed by atoms with Gasteiger partial charge in [-0.1, -0.05) is 6.07 Å². The molecular formula is C8H9Br2NO3. The minimum atomic E-state index is -1.10. The molecule has 0 fully saturated rings. The highest BCUT2D eigenvalue weighted by Crippen LogP contribution is 2.26. The highest BCUT2D eigenvalue weighted by Gasteiger charge is 2.14. The fourth-order valence-corrected chi connectivity index (χ4v) is 1.26. The van der Waals surface area contributed by atoms with Crippen LogP contribution in [0.1, 0.15) is 11.6 Å². The van der Waals surface area contributed by atoms with E-state index in [1.807, 2.05) is 0 Å². The molecule has 0 aliphatic carbocycles. The number of hydrogen-bond donors (Lipinski definition) is 3. The summed E-state index contributed by atoms with van der Waals surface area (Å²) in [5.41, 5.74) is 5.80. The summed E-state index contributed by atoms with van der Waals surface area (Å²) in [6, 6.07) is 3.28. The molecule has 0 amide bonds. The minimum Gasteiger partial charge on any atom is -0.507 e. The predicted molar refractivity (Wildman–Crippen MR) is 60.7 cm³/mol. The van der Waals surface area contributed by atoms with Crippen molar-refractivity contribution in [1.82, 2.24) is 0 Å². The number of carboxylic acid groups (broad SMARTS) is 1. The average Bonchev–Trinajstić information content (AvgIpc) is 2.08. The highest BCUT2D eigenvalue weighted by molar-refractivity contribution is 9.10. The maximum absolute atomic E-state index is 10.5. The number of rotatable bonds is 2. The van der Waals surface area contributed by atoms with Gasteiger partial charge in [-0.3, -0.25) is 4.79 Å². The fraction of sp³-hybridized carbons (Fsp3) is 0.125. The summed E-state index contributed by atoms with van der Waals surface area (Å²) in [5, 5.41) is 17.7. The first-order valence-corrected chi connectivity index (χ1v) is 4.28. The molecule has 0 unspecified atom stereocenters. The van der Waals surface area contributed by atoms with E-state index in [9.17, 15) is 4.79 Å². The lowest BCUT2D eigenvalue weighted by molar-refractivity contribution is -0.138. The van der Waals surface area contributed by atoms with Crippen LogP contribution in [0.3, 0.4) is 0 Å². The summed E-state index contributed by atoms with van der Waals surface area (Å²) in [6.45, 7) is 0. The van der Waals surface area contributed by atoms with E-state index in [2.05, 4.69) is 15.9 Å². The van der Waals surface area contributed by atoms with Crippen LogP contribution < -0.4 is 5.73 Å². The second-order valence-electron chi connectivity index (χ2n) is 2.53. The van der Waals surface area contributed by atoms with Crippen LogP contribution in [0.4, 0.5) is 0 Å². The molecule has 1 atom stereocenters. The third-order valence-electron chi connectivity index (χ3n) is 1.60. The molecule has 1 aromatic carbocycles. The first kappa shape index (κ1) is 13.4. The molecule has 0 aliphatic rings. The molecule has 0 saturated heterocycles. The molecular weight excluding hydrogens is 318 g/mol. The van der Waals surface area contributed by atoms with Crippen LogP contribution in [0.25, 0.3) is 0 Å². The van der Waals surface area contributed by atoms with E-state index in [-0.39, 0.29) is 22.7 Å². The first-order valence-electron chi connectivity index (χ1n) is 3.49. The van der Waals surface area contributed by atoms with E-state index in [1.165, 1.54) is 18.2 Å². The van der Waals surface area contributed by atoms with Crippen molar-refractivity contribution in [3.63, 3.8) is 0 Å². The molecule has 1 rings (SSSR count). The maximum atomic E-state index is 10.5. The van der Waals surface area contributed by atoms with Gasteiger partial charge in [0.2, 0.25) is 0 Å². The van der Waals surface area contributed by atoms with Crippen LogP contribution in [0, 0.1) is 0 Å². The molecule has 78 valence electrons. The standard InChI is InChI=1S/C8H8BrNO3.BrH/c9-5-3-4(1-2-6(5)11)7(10)8(12)13;/h1-3,7,11H,10H2,(H,12,13);1H/t7-;/m1./s1. The molecule has 1 aromatic rings. The van der Waals surface area contributed by atoms with Gasteiger partial charge >= 0.3 is 5.97 Å². The van der Waals surface area contributed by atoms with E-state index in [4.69, 9.17) is 15.9 Å². The zero-order valence-corrected chi connectivity index (χ0v) is 10.3. The van der Waals surface area contributed by atoms with Crippen LogP contribution in [0.15, 0.2) is 22.7 Å². The van der Waals surface area contributed by atoms with E-state index in [0.29, 0.717) is 10.0 Å². The van der Waals surface area contributed by atoms with E-state index in [1.54, 1.807) is 0 Å². The lowest BCUT2D eigenvalue weighted by Crippen LogP contribution is -2.20. The SMILES string of the molecule is Br.N[C@@H](C(=O)O)c1ccc(O)c(Br)c1. The van der Waals surface area contributed by atoms with Crippen molar-refractivity contribution in [3.05, 3.63) is 28.2 Å². The second-order valence-corrected chi connectivity index (χ2v) is 3.38. The van der Waals surface area contributed by atoms with Crippen molar-refractivity contribution in [2.45, 2.75) is 6.04 Å². The summed E-state index contributed by atoms with van der Waals surface area (Å²) in [4.78, 5) is 10.5. The number of hydrogen-bond acceptors (Lipinski definition) is 3. The molecule has 0 bridgehead atoms. The normalized spacial score (nSPS) is 11.6. The van der Waals surface area contributed by atoms with E-state index in [0.717, 1.165) is 0 Å². The number of phenolic OH excluding ortho intramolecular Hbond substituents is 1. The average molecular weight is 327 g/mol. The number of nitrogens with two attached hydrogens (primary N) is 1. The fourth-order valence-electron chi connectivity index (χ4n) is 0.859. The molecule has 4 nitrogen and oxygen atoms in total. The Morgan fingerprint density at radius 1 is 1.50 bits per heavy atom. The summed E-state index contributed by atoms with van der Waals surface area (Å²) >= 11 is 3.06. The quantitative estimate of drug-likeness (QED) is 0.774. The highest BCUT2D eigenvalue weighted by atomic mass is 79.9. The monoisotopic (exact) mass is 325 g/mol. The van der Waals surface area contributed by atoms with Gasteiger partial charge in [0.05, 0.1) is 4.47 Å². The lowest BCUT2D eigenvalue weighted by Gasteiger charge is -2.07. The molecule has 6 heteroatoms. The molecule has 0 aliphatic heterocycles. The van der Waals surface area contributed by atoms with E-state index >= 15 is 0 Å². The number of phenols is 1. The second kappa shape index (κ2) is 5.33. The number of aliphatic carboxylic acids is 1. The first-order chi connectivity index (χ1) is 6.02. The third-order valence-corrected chi connectivity index (χ3v) is 2.23. The zero-order chi connectivity index (χ0) is 10.0. The lowest BCUT2D eigenvalue weighted by atomic mass is 10.1. The van der Waals surface area contributed by atoms with Crippen LogP contribution in [-0.2, 0) is 4.79 Å². The predicted octanol–water partition coefficient (Wildman–Crippen LogP) is 1.82. The zero-order valence-electron chi connectivity index (χ0n) is 6.98. The molecule has 0 saturated carbocycles. The topological polar surface area (TPSA) is 83.6 Å². The van der Waals surface area contributed by atoms with Gasteiger partial charge in [-0.25, -0.2) is 0 Å². The van der Waals surface area contributed by atoms with Gasteiger partial charge in [-0.15, -0.1) is 17.0 Å². The van der Waals surface area contributed by atoms with Crippen LogP contribution >= 0.6 is 32.9 Å². The molecule has 0 radical (unpaired) electrons. The number of benzene rings is 1. The smallest absolute Gasteiger partial charge is 0.325 e. The maximum Gasteiger partial charge on any atom is 0.325 e. The Kier molecular flexibility index (Phi) is 5.11. The minimum absolute atomic E-state index is 0. The van der Waals surface area contributed by atoms with Crippen molar-refractivity contribution in [3.8, 4) is 5.75 Å². The molecule has 14 heavy (non-hydrogen) atoms. The van der Waals surface area contributed by atoms with Crippen LogP contribution in [-0.4, -0.2) is 16.2 Å². The van der Waals surface area contributed by atoms with Gasteiger partial charge in [0, 0.05) is 0 Å². The molecule has 0 spiro atoms. The van der Waals surface area contributed by atoms with Crippen molar-refractivity contribution < 1.29 is 15.0 Å². The Morgan fingerprint density at radius 2 is 2.07 bits per heavy atom. The Balaban J connectivity index is 0.00000169. The third kappa shape index (κ3) is 2.97. The number of carbonyl (C=O) groups is 1. The van der Waals surface area contributed by atoms with Gasteiger partial charge in [0.15, 0.2) is 0 Å². The van der Waals surface area contributed by atoms with Crippen molar-refractivity contribution in [1.29, 1.82) is 0 Å². The summed E-state index contributed by atoms with van der Waals surface area (Å²) < 4.78 is 0.432. The van der Waals surface area contributed by atoms with Crippen molar-refractivity contribution in [2.24, 2.45) is 5.73 Å². The summed E-state index contributed by atoms with van der Waals surface area (Å²) in [7, 11) is 0. The van der Waals surface area contributed by atoms with Crippen molar-refractivity contribution in [2.75, 3.05) is 0 Å². The summed E-state index contributed by atoms with van der Waals surface area (Å²) in [5.74, 6) is -1.04. The van der Waals surface area contributed by atoms with Gasteiger partial charge in [-0.2, -0.15) is 0 Å². The Labute approximate surface area is 99.6 Å². The van der Waals surface area contributed by atoms with E-state index < -0.39 is 12.0 Å². The number of aromatic hydroxyl groups is 1. The summed E-state index contributed by atoms with van der Waals surface area (Å²) in [6.07, 6.45) is 0. The Hall–Kier alpha value is -0.590. The van der Waals surface area contributed by atoms with Gasteiger partial charge in [0.1, 0.15) is 11.8 Å². The Morgan fingerprint density at radius 3 is 2.50 bits per heavy atom. The molecule has 0 aromatic heterocycles. The van der Waals surface area contributed by atoms with Crippen molar-refractivity contribution >= 4 is 38.9 Å².